The molecule has 26 heavy (non-hydrogen) atoms. The van der Waals surface area contributed by atoms with Crippen LogP contribution in [0.3, 0.4) is 0 Å². The van der Waals surface area contributed by atoms with Gasteiger partial charge >= 0.3 is 0 Å². The van der Waals surface area contributed by atoms with E-state index in [9.17, 15) is 0 Å². The Bertz CT molecular complexity index is 248. The van der Waals surface area contributed by atoms with Crippen LogP contribution in [-0.4, -0.2) is 31.3 Å². The van der Waals surface area contributed by atoms with E-state index in [0.29, 0.717) is 0 Å². The molecule has 0 radical (unpaired) electrons. The van der Waals surface area contributed by atoms with E-state index in [4.69, 9.17) is 10.6 Å². The molecule has 0 aliphatic carbocycles. The zero-order valence-electron chi connectivity index (χ0n) is 18.3. The van der Waals surface area contributed by atoms with E-state index in [0.717, 1.165) is 32.7 Å². The molecular weight excluding hydrogens is 320 g/mol. The first kappa shape index (κ1) is 25.9. The van der Waals surface area contributed by atoms with Crippen LogP contribution in [0.2, 0.25) is 0 Å². The van der Waals surface area contributed by atoms with Crippen molar-refractivity contribution in [3.05, 3.63) is 0 Å². The maximum Gasteiger partial charge on any atom is 0.0656 e. The van der Waals surface area contributed by atoms with Crippen LogP contribution < -0.4 is 5.73 Å². The van der Waals surface area contributed by atoms with Crippen molar-refractivity contribution in [3.63, 3.8) is 0 Å². The van der Waals surface area contributed by atoms with Gasteiger partial charge in [0.05, 0.1) is 6.61 Å². The van der Waals surface area contributed by atoms with Crippen molar-refractivity contribution in [2.24, 2.45) is 5.73 Å². The third kappa shape index (κ3) is 20.2. The standard InChI is InChI=1S/C23H50N2O/c1-3-5-6-7-8-9-10-11-12-13-14-15-16-17-18-19-22-25(26-4-2)23-20-21-24/h3-24H2,1-2H3. The van der Waals surface area contributed by atoms with Gasteiger partial charge in [-0.15, -0.1) is 0 Å². The fraction of sp³-hybridized carbons (Fsp3) is 1.00. The molecule has 0 heterocycles. The first-order chi connectivity index (χ1) is 12.8. The highest BCUT2D eigenvalue weighted by molar-refractivity contribution is 4.52. The minimum Gasteiger partial charge on any atom is -0.330 e. The van der Waals surface area contributed by atoms with Gasteiger partial charge in [-0.25, -0.2) is 0 Å². The predicted octanol–water partition coefficient (Wildman–Crippen LogP) is 6.85. The normalized spacial score (nSPS) is 11.5. The van der Waals surface area contributed by atoms with Gasteiger partial charge in [-0.05, 0) is 26.3 Å². The number of nitrogens with zero attached hydrogens (tertiary/aromatic N) is 1. The maximum absolute atomic E-state index is 5.65. The summed E-state index contributed by atoms with van der Waals surface area (Å²) in [4.78, 5) is 5.65. The van der Waals surface area contributed by atoms with Crippen molar-refractivity contribution in [1.82, 2.24) is 5.06 Å². The third-order valence-electron chi connectivity index (χ3n) is 5.18. The molecule has 0 aromatic heterocycles. The Hall–Kier alpha value is -0.120. The van der Waals surface area contributed by atoms with Gasteiger partial charge in [-0.3, -0.25) is 4.84 Å². The number of hydrogen-bond acceptors (Lipinski definition) is 3. The molecule has 0 saturated heterocycles. The number of hydrogen-bond donors (Lipinski definition) is 1. The van der Waals surface area contributed by atoms with Gasteiger partial charge in [0.2, 0.25) is 0 Å². The van der Waals surface area contributed by atoms with Gasteiger partial charge in [0.15, 0.2) is 0 Å². The van der Waals surface area contributed by atoms with E-state index >= 15 is 0 Å². The Morgan fingerprint density at radius 1 is 0.538 bits per heavy atom. The number of rotatable bonds is 22. The van der Waals surface area contributed by atoms with Gasteiger partial charge in [0, 0.05) is 13.1 Å². The Labute approximate surface area is 165 Å². The Morgan fingerprint density at radius 2 is 0.923 bits per heavy atom. The van der Waals surface area contributed by atoms with Gasteiger partial charge in [-0.2, -0.15) is 5.06 Å². The van der Waals surface area contributed by atoms with E-state index in [1.807, 2.05) is 0 Å². The van der Waals surface area contributed by atoms with Crippen LogP contribution in [0.15, 0.2) is 0 Å². The van der Waals surface area contributed by atoms with E-state index in [-0.39, 0.29) is 0 Å². The molecule has 0 atom stereocenters. The highest BCUT2D eigenvalue weighted by atomic mass is 16.7. The monoisotopic (exact) mass is 370 g/mol. The van der Waals surface area contributed by atoms with E-state index in [1.165, 1.54) is 103 Å². The third-order valence-corrected chi connectivity index (χ3v) is 5.18. The number of unbranched alkanes of at least 4 members (excludes halogenated alkanes) is 15. The van der Waals surface area contributed by atoms with Crippen LogP contribution >= 0.6 is 0 Å². The molecule has 3 heteroatoms. The first-order valence-corrected chi connectivity index (χ1v) is 11.9. The molecule has 0 rings (SSSR count). The van der Waals surface area contributed by atoms with Crippen molar-refractivity contribution in [2.45, 2.75) is 123 Å². The molecule has 0 amide bonds. The van der Waals surface area contributed by atoms with E-state index in [2.05, 4.69) is 18.9 Å². The topological polar surface area (TPSA) is 38.5 Å². The van der Waals surface area contributed by atoms with Gasteiger partial charge in [-0.1, -0.05) is 103 Å². The lowest BCUT2D eigenvalue weighted by Gasteiger charge is -2.20. The summed E-state index contributed by atoms with van der Waals surface area (Å²) in [5, 5.41) is 2.11. The largest absolute Gasteiger partial charge is 0.330 e. The second-order valence-electron chi connectivity index (χ2n) is 7.79. The molecule has 0 saturated carbocycles. The molecule has 3 nitrogen and oxygen atoms in total. The molecule has 158 valence electrons. The van der Waals surface area contributed by atoms with Crippen LogP contribution in [0.5, 0.6) is 0 Å². The zero-order chi connectivity index (χ0) is 19.1. The summed E-state index contributed by atoms with van der Waals surface area (Å²) in [7, 11) is 0. The molecule has 0 aliphatic heterocycles. The SMILES string of the molecule is CCCCCCCCCCCCCCCCCCN(CCCN)OCC. The minimum atomic E-state index is 0.753. The van der Waals surface area contributed by atoms with Crippen LogP contribution in [0.1, 0.15) is 123 Å². The fourth-order valence-electron chi connectivity index (χ4n) is 3.53. The average molecular weight is 371 g/mol. The van der Waals surface area contributed by atoms with Crippen molar-refractivity contribution >= 4 is 0 Å². The molecule has 2 N–H and O–H groups in total. The van der Waals surface area contributed by atoms with Gasteiger partial charge < -0.3 is 5.73 Å². The Morgan fingerprint density at radius 3 is 1.31 bits per heavy atom. The predicted molar refractivity (Wildman–Crippen MR) is 116 cm³/mol. The molecule has 0 aromatic carbocycles. The first-order valence-electron chi connectivity index (χ1n) is 11.9. The number of hydroxylamine groups is 2. The van der Waals surface area contributed by atoms with Crippen molar-refractivity contribution in [1.29, 1.82) is 0 Å². The second kappa shape index (κ2) is 22.9. The molecule has 0 aliphatic rings. The number of nitrogens with two attached hydrogens (primary N) is 1. The molecule has 0 fully saturated rings. The molecule has 0 spiro atoms. The summed E-state index contributed by atoms with van der Waals surface area (Å²) in [5.41, 5.74) is 5.58. The smallest absolute Gasteiger partial charge is 0.0656 e. The van der Waals surface area contributed by atoms with Crippen molar-refractivity contribution in [2.75, 3.05) is 26.2 Å². The van der Waals surface area contributed by atoms with Gasteiger partial charge in [0.25, 0.3) is 0 Å². The second-order valence-corrected chi connectivity index (χ2v) is 7.79. The Balaban J connectivity index is 3.18. The van der Waals surface area contributed by atoms with Crippen LogP contribution in [0, 0.1) is 0 Å². The lowest BCUT2D eigenvalue weighted by Crippen LogP contribution is -2.27. The summed E-state index contributed by atoms with van der Waals surface area (Å²) in [6, 6.07) is 0. The average Bonchev–Trinajstić information content (AvgIpc) is 2.65. The summed E-state index contributed by atoms with van der Waals surface area (Å²) >= 11 is 0. The lowest BCUT2D eigenvalue weighted by atomic mass is 10.0. The minimum absolute atomic E-state index is 0.753. The van der Waals surface area contributed by atoms with Crippen molar-refractivity contribution in [3.8, 4) is 0 Å². The van der Waals surface area contributed by atoms with Gasteiger partial charge in [0.1, 0.15) is 0 Å². The molecule has 0 aromatic rings. The highest BCUT2D eigenvalue weighted by Gasteiger charge is 2.03. The van der Waals surface area contributed by atoms with E-state index < -0.39 is 0 Å². The van der Waals surface area contributed by atoms with Crippen LogP contribution in [0.4, 0.5) is 0 Å². The quantitative estimate of drug-likeness (QED) is 0.167. The Kier molecular flexibility index (Phi) is 22.8. The lowest BCUT2D eigenvalue weighted by molar-refractivity contribution is -0.155. The fourth-order valence-corrected chi connectivity index (χ4v) is 3.53. The zero-order valence-corrected chi connectivity index (χ0v) is 18.3. The van der Waals surface area contributed by atoms with Crippen LogP contribution in [0.25, 0.3) is 0 Å². The van der Waals surface area contributed by atoms with Crippen molar-refractivity contribution < 1.29 is 4.84 Å². The molecular formula is C23H50N2O. The summed E-state index contributed by atoms with van der Waals surface area (Å²) in [6.07, 6.45) is 23.8. The summed E-state index contributed by atoms with van der Waals surface area (Å²) < 4.78 is 0. The van der Waals surface area contributed by atoms with E-state index in [1.54, 1.807) is 0 Å². The molecule has 0 unspecified atom stereocenters. The highest BCUT2D eigenvalue weighted by Crippen LogP contribution is 2.13. The van der Waals surface area contributed by atoms with Crippen LogP contribution in [-0.2, 0) is 4.84 Å². The summed E-state index contributed by atoms with van der Waals surface area (Å²) in [6.45, 7) is 7.91. The summed E-state index contributed by atoms with van der Waals surface area (Å²) in [5.74, 6) is 0. The molecule has 0 bridgehead atoms. The maximum atomic E-state index is 5.65.